The summed E-state index contributed by atoms with van der Waals surface area (Å²) in [7, 11) is 1.84. The summed E-state index contributed by atoms with van der Waals surface area (Å²) in [5.74, 6) is 0.428. The van der Waals surface area contributed by atoms with Gasteiger partial charge in [-0.3, -0.25) is 0 Å². The average Bonchev–Trinajstić information content (AvgIpc) is 2.43. The predicted molar refractivity (Wildman–Crippen MR) is 83.1 cm³/mol. The summed E-state index contributed by atoms with van der Waals surface area (Å²) in [4.78, 5) is 0. The van der Waals surface area contributed by atoms with Crippen LogP contribution in [0.4, 0.5) is 8.78 Å². The monoisotopic (exact) mass is 295 g/mol. The molecule has 1 aromatic carbocycles. The molecule has 1 unspecified atom stereocenters. The molecule has 1 aromatic rings. The largest absolute Gasteiger partial charge is 0.313 e. The van der Waals surface area contributed by atoms with Crippen molar-refractivity contribution in [3.8, 4) is 0 Å². The highest BCUT2D eigenvalue weighted by molar-refractivity contribution is 5.23. The smallest absolute Gasteiger partial charge is 0.128 e. The molecule has 1 N–H and O–H groups in total. The summed E-state index contributed by atoms with van der Waals surface area (Å²) in [6, 6.07) is 3.66. The highest BCUT2D eigenvalue weighted by atomic mass is 19.1. The second-order valence-corrected chi connectivity index (χ2v) is 7.41. The third-order valence-electron chi connectivity index (χ3n) is 5.07. The topological polar surface area (TPSA) is 12.0 Å². The van der Waals surface area contributed by atoms with Crippen molar-refractivity contribution in [2.45, 2.75) is 52.5 Å². The minimum Gasteiger partial charge on any atom is -0.313 e. The minimum atomic E-state index is -0.366. The van der Waals surface area contributed by atoms with E-state index in [0.717, 1.165) is 18.8 Å². The van der Waals surface area contributed by atoms with Crippen LogP contribution in [0.5, 0.6) is 0 Å². The molecule has 1 nitrogen and oxygen atoms in total. The van der Waals surface area contributed by atoms with Gasteiger partial charge in [-0.2, -0.15) is 0 Å². The van der Waals surface area contributed by atoms with E-state index in [0.29, 0.717) is 16.9 Å². The Labute approximate surface area is 127 Å². The molecule has 0 aliphatic heterocycles. The van der Waals surface area contributed by atoms with Gasteiger partial charge in [-0.25, -0.2) is 8.78 Å². The van der Waals surface area contributed by atoms with Crippen LogP contribution in [0.1, 0.15) is 58.1 Å². The first-order chi connectivity index (χ1) is 9.82. The van der Waals surface area contributed by atoms with Crippen LogP contribution in [-0.4, -0.2) is 7.05 Å². The van der Waals surface area contributed by atoms with Gasteiger partial charge in [0, 0.05) is 11.6 Å². The maximum atomic E-state index is 14.0. The van der Waals surface area contributed by atoms with Gasteiger partial charge in [0.15, 0.2) is 0 Å². The van der Waals surface area contributed by atoms with E-state index in [1.165, 1.54) is 31.0 Å². The standard InChI is InChI=1S/C18H27F2N/c1-18(2,3)13-7-5-12(6-8-13)17(21-4)15-11-14(19)9-10-16(15)20/h9-13,17,21H,5-8H2,1-4H3. The molecule has 2 rings (SSSR count). The zero-order valence-corrected chi connectivity index (χ0v) is 13.5. The van der Waals surface area contributed by atoms with Gasteiger partial charge in [0.2, 0.25) is 0 Å². The molecule has 118 valence electrons. The normalized spacial score (nSPS) is 24.9. The number of hydrogen-bond acceptors (Lipinski definition) is 1. The average molecular weight is 295 g/mol. The van der Waals surface area contributed by atoms with E-state index in [4.69, 9.17) is 0 Å². The van der Waals surface area contributed by atoms with Gasteiger partial charge in [-0.1, -0.05) is 20.8 Å². The first kappa shape index (κ1) is 16.4. The molecule has 0 amide bonds. The third kappa shape index (κ3) is 3.82. The molecule has 0 saturated heterocycles. The van der Waals surface area contributed by atoms with E-state index in [1.54, 1.807) is 0 Å². The SMILES string of the molecule is CNC(c1cc(F)ccc1F)C1CCC(C(C)(C)C)CC1. The zero-order valence-electron chi connectivity index (χ0n) is 13.5. The van der Waals surface area contributed by atoms with E-state index in [9.17, 15) is 8.78 Å². The zero-order chi connectivity index (χ0) is 15.6. The van der Waals surface area contributed by atoms with Gasteiger partial charge in [0.1, 0.15) is 11.6 Å². The van der Waals surface area contributed by atoms with Crippen LogP contribution < -0.4 is 5.32 Å². The second-order valence-electron chi connectivity index (χ2n) is 7.41. The van der Waals surface area contributed by atoms with Crippen molar-refractivity contribution in [3.63, 3.8) is 0 Å². The second kappa shape index (κ2) is 6.43. The first-order valence-electron chi connectivity index (χ1n) is 7.95. The molecule has 21 heavy (non-hydrogen) atoms. The lowest BCUT2D eigenvalue weighted by Crippen LogP contribution is -2.32. The maximum absolute atomic E-state index is 14.0. The fourth-order valence-corrected chi connectivity index (χ4v) is 3.72. The molecule has 3 heteroatoms. The Kier molecular flexibility index (Phi) is 5.03. The number of benzene rings is 1. The van der Waals surface area contributed by atoms with Crippen molar-refractivity contribution in [2.24, 2.45) is 17.3 Å². The van der Waals surface area contributed by atoms with Gasteiger partial charge < -0.3 is 5.32 Å². The fourth-order valence-electron chi connectivity index (χ4n) is 3.72. The summed E-state index contributed by atoms with van der Waals surface area (Å²) in [6.45, 7) is 6.87. The van der Waals surface area contributed by atoms with E-state index in [-0.39, 0.29) is 17.7 Å². The van der Waals surface area contributed by atoms with Crippen molar-refractivity contribution >= 4 is 0 Å². The van der Waals surface area contributed by atoms with Crippen LogP contribution in [0.3, 0.4) is 0 Å². The molecule has 0 radical (unpaired) electrons. The Bertz CT molecular complexity index is 471. The highest BCUT2D eigenvalue weighted by Gasteiger charge is 2.33. The molecular weight excluding hydrogens is 268 g/mol. The van der Waals surface area contributed by atoms with Gasteiger partial charge in [0.05, 0.1) is 0 Å². The Morgan fingerprint density at radius 2 is 1.71 bits per heavy atom. The quantitative estimate of drug-likeness (QED) is 0.820. The van der Waals surface area contributed by atoms with E-state index >= 15 is 0 Å². The van der Waals surface area contributed by atoms with Crippen molar-refractivity contribution in [1.29, 1.82) is 0 Å². The summed E-state index contributed by atoms with van der Waals surface area (Å²) < 4.78 is 27.5. The molecule has 0 aromatic heterocycles. The van der Waals surface area contributed by atoms with Crippen LogP contribution in [0.15, 0.2) is 18.2 Å². The Hall–Kier alpha value is -0.960. The molecule has 1 aliphatic carbocycles. The van der Waals surface area contributed by atoms with Crippen molar-refractivity contribution in [1.82, 2.24) is 5.32 Å². The molecule has 0 bridgehead atoms. The molecule has 1 aliphatic rings. The summed E-state index contributed by atoms with van der Waals surface area (Å²) >= 11 is 0. The number of nitrogens with one attached hydrogen (secondary N) is 1. The molecule has 1 atom stereocenters. The van der Waals surface area contributed by atoms with E-state index in [1.807, 2.05) is 7.05 Å². The molecule has 0 spiro atoms. The van der Waals surface area contributed by atoms with Crippen molar-refractivity contribution in [2.75, 3.05) is 7.05 Å². The molecule has 1 fully saturated rings. The first-order valence-corrected chi connectivity index (χ1v) is 7.95. The van der Waals surface area contributed by atoms with Crippen LogP contribution >= 0.6 is 0 Å². The number of rotatable bonds is 3. The molecular formula is C18H27F2N. The van der Waals surface area contributed by atoms with Crippen molar-refractivity contribution < 1.29 is 8.78 Å². The Morgan fingerprint density at radius 3 is 2.24 bits per heavy atom. The van der Waals surface area contributed by atoms with E-state index in [2.05, 4.69) is 26.1 Å². The van der Waals surface area contributed by atoms with Gasteiger partial charge in [-0.15, -0.1) is 0 Å². The highest BCUT2D eigenvalue weighted by Crippen LogP contribution is 2.43. The Balaban J connectivity index is 2.11. The lowest BCUT2D eigenvalue weighted by atomic mass is 9.68. The van der Waals surface area contributed by atoms with Crippen LogP contribution in [0.25, 0.3) is 0 Å². The lowest BCUT2D eigenvalue weighted by Gasteiger charge is -2.39. The van der Waals surface area contributed by atoms with Crippen LogP contribution in [-0.2, 0) is 0 Å². The maximum Gasteiger partial charge on any atom is 0.128 e. The molecule has 1 saturated carbocycles. The summed E-state index contributed by atoms with van der Waals surface area (Å²) in [5.41, 5.74) is 0.807. The fraction of sp³-hybridized carbons (Fsp3) is 0.667. The molecule has 0 heterocycles. The van der Waals surface area contributed by atoms with Crippen LogP contribution in [0, 0.1) is 28.9 Å². The summed E-state index contributed by atoms with van der Waals surface area (Å²) in [5, 5.41) is 3.20. The van der Waals surface area contributed by atoms with E-state index < -0.39 is 0 Å². The van der Waals surface area contributed by atoms with Gasteiger partial charge >= 0.3 is 0 Å². The van der Waals surface area contributed by atoms with Gasteiger partial charge in [0.25, 0.3) is 0 Å². The summed E-state index contributed by atoms with van der Waals surface area (Å²) in [6.07, 6.45) is 4.49. The van der Waals surface area contributed by atoms with Crippen LogP contribution in [0.2, 0.25) is 0 Å². The van der Waals surface area contributed by atoms with Crippen molar-refractivity contribution in [3.05, 3.63) is 35.4 Å². The number of hydrogen-bond donors (Lipinski definition) is 1. The lowest BCUT2D eigenvalue weighted by molar-refractivity contribution is 0.133. The Morgan fingerprint density at radius 1 is 1.10 bits per heavy atom. The third-order valence-corrected chi connectivity index (χ3v) is 5.07. The minimum absolute atomic E-state index is 0.0957. The predicted octanol–water partition coefficient (Wildman–Crippen LogP) is 5.08. The van der Waals surface area contributed by atoms with Gasteiger partial charge in [-0.05, 0) is 68.2 Å². The number of halogens is 2.